The van der Waals surface area contributed by atoms with E-state index in [2.05, 4.69) is 30.2 Å². The Morgan fingerprint density at radius 1 is 1.21 bits per heavy atom. The number of carbonyl (C=O) groups excluding carboxylic acids is 1. The lowest BCUT2D eigenvalue weighted by molar-refractivity contribution is 0.142. The molecule has 162 valence electrons. The molecule has 29 heavy (non-hydrogen) atoms. The summed E-state index contributed by atoms with van der Waals surface area (Å²) in [7, 11) is 0. The molecule has 0 heterocycles. The van der Waals surface area contributed by atoms with Crippen molar-refractivity contribution in [1.29, 1.82) is 0 Å². The molecule has 1 atom stereocenters. The van der Waals surface area contributed by atoms with Gasteiger partial charge in [0.1, 0.15) is 12.3 Å². The van der Waals surface area contributed by atoms with E-state index in [1.165, 1.54) is 12.2 Å². The summed E-state index contributed by atoms with van der Waals surface area (Å²) in [4.78, 5) is 22.3. The maximum Gasteiger partial charge on any atom is 0.411 e. The van der Waals surface area contributed by atoms with Gasteiger partial charge in [-0.1, -0.05) is 71.2 Å². The molecule has 1 rings (SSSR count). The summed E-state index contributed by atoms with van der Waals surface area (Å²) in [5.41, 5.74) is 7.43. The summed E-state index contributed by atoms with van der Waals surface area (Å²) in [5, 5.41) is 5.43. The monoisotopic (exact) mass is 403 g/mol. The Balaban J connectivity index is -0.000000856. The molecular formula is C23H37N3O3. The molecule has 0 saturated heterocycles. The van der Waals surface area contributed by atoms with Crippen molar-refractivity contribution in [2.45, 2.75) is 47.1 Å². The minimum atomic E-state index is -0.634. The molecule has 0 fully saturated rings. The highest BCUT2D eigenvalue weighted by atomic mass is 16.5. The number of alkyl carbamates (subject to hydrolysis) is 1. The fourth-order valence-electron chi connectivity index (χ4n) is 1.74. The van der Waals surface area contributed by atoms with Gasteiger partial charge < -0.3 is 10.5 Å². The van der Waals surface area contributed by atoms with Gasteiger partial charge in [0.15, 0.2) is 0 Å². The molecule has 0 saturated carbocycles. The van der Waals surface area contributed by atoms with E-state index in [0.717, 1.165) is 0 Å². The number of amides is 1. The third-order valence-corrected chi connectivity index (χ3v) is 2.76. The largest absolute Gasteiger partial charge is 0.448 e. The van der Waals surface area contributed by atoms with Crippen LogP contribution in [0.5, 0.6) is 0 Å². The van der Waals surface area contributed by atoms with Gasteiger partial charge in [0.2, 0.25) is 0 Å². The van der Waals surface area contributed by atoms with Crippen molar-refractivity contribution >= 4 is 11.8 Å². The number of carbonyl (C=O) groups is 1. The van der Waals surface area contributed by atoms with Crippen LogP contribution in [0, 0.1) is 4.91 Å². The van der Waals surface area contributed by atoms with Gasteiger partial charge >= 0.3 is 6.09 Å². The third kappa shape index (κ3) is 16.9. The zero-order chi connectivity index (χ0) is 23.1. The second-order valence-electron chi connectivity index (χ2n) is 4.88. The standard InChI is InChI=1S/C16H19N3O3.C3H6.2C2H6/c1-3-7-14(4-2)18-16(20)22-11-13(17)10-12-8-5-6-9-15(12)19-21;1-3-2;2*1-2/h3-9,13H,1-2,10-11,17H2,(H,18,20);3H,1H2,2H3;2*1-2H3/b14-7+;;;. The Labute approximate surface area is 176 Å². The van der Waals surface area contributed by atoms with Gasteiger partial charge in [-0.3, -0.25) is 5.32 Å². The quantitative estimate of drug-likeness (QED) is 0.308. The SMILES string of the molecule is C=C/C=C(\C=C)NC(=O)OCC(N)Cc1ccccc1N=O.C=CC.CC.CC. The fraction of sp³-hybridized carbons (Fsp3) is 0.348. The van der Waals surface area contributed by atoms with Crippen LogP contribution in [0.25, 0.3) is 0 Å². The summed E-state index contributed by atoms with van der Waals surface area (Å²) < 4.78 is 5.02. The van der Waals surface area contributed by atoms with Crippen molar-refractivity contribution in [2.75, 3.05) is 6.61 Å². The molecule has 0 aliphatic rings. The number of nitrogens with one attached hydrogen (secondary N) is 1. The van der Waals surface area contributed by atoms with Gasteiger partial charge in [0.05, 0.1) is 0 Å². The Morgan fingerprint density at radius 2 is 1.76 bits per heavy atom. The van der Waals surface area contributed by atoms with Crippen LogP contribution in [0.1, 0.15) is 40.2 Å². The number of nitroso groups, excluding NO2 is 1. The predicted molar refractivity (Wildman–Crippen MR) is 125 cm³/mol. The van der Waals surface area contributed by atoms with E-state index in [0.29, 0.717) is 23.4 Å². The Morgan fingerprint density at radius 3 is 2.24 bits per heavy atom. The third-order valence-electron chi connectivity index (χ3n) is 2.76. The Hall–Kier alpha value is -2.99. The summed E-state index contributed by atoms with van der Waals surface area (Å²) in [6.45, 7) is 20.3. The number of nitrogens with two attached hydrogens (primary N) is 1. The minimum absolute atomic E-state index is 0.0114. The van der Waals surface area contributed by atoms with E-state index >= 15 is 0 Å². The molecular weight excluding hydrogens is 366 g/mol. The maximum absolute atomic E-state index is 11.6. The summed E-state index contributed by atoms with van der Waals surface area (Å²) in [5.74, 6) is 0. The number of hydrogen-bond donors (Lipinski definition) is 2. The molecule has 0 aliphatic heterocycles. The number of hydrogen-bond acceptors (Lipinski definition) is 5. The first-order valence-corrected chi connectivity index (χ1v) is 9.65. The lowest BCUT2D eigenvalue weighted by atomic mass is 10.1. The topological polar surface area (TPSA) is 93.8 Å². The van der Waals surface area contributed by atoms with Crippen LogP contribution in [0.3, 0.4) is 0 Å². The second-order valence-corrected chi connectivity index (χ2v) is 4.88. The summed E-state index contributed by atoms with van der Waals surface area (Å²) in [6.07, 6.45) is 6.07. The summed E-state index contributed by atoms with van der Waals surface area (Å²) in [6, 6.07) is 6.45. The van der Waals surface area contributed by atoms with Crippen molar-refractivity contribution in [3.8, 4) is 0 Å². The minimum Gasteiger partial charge on any atom is -0.448 e. The molecule has 0 bridgehead atoms. The highest BCUT2D eigenvalue weighted by Crippen LogP contribution is 2.19. The highest BCUT2D eigenvalue weighted by molar-refractivity contribution is 5.70. The van der Waals surface area contributed by atoms with E-state index in [1.807, 2.05) is 34.6 Å². The number of nitrogens with zero attached hydrogens (tertiary/aromatic N) is 1. The molecule has 1 amide bonds. The lowest BCUT2D eigenvalue weighted by Crippen LogP contribution is -2.33. The summed E-state index contributed by atoms with van der Waals surface area (Å²) >= 11 is 0. The average molecular weight is 404 g/mol. The van der Waals surface area contributed by atoms with Crippen LogP contribution in [-0.2, 0) is 11.2 Å². The zero-order valence-corrected chi connectivity index (χ0v) is 18.5. The van der Waals surface area contributed by atoms with Crippen molar-refractivity contribution in [3.05, 3.63) is 84.5 Å². The molecule has 1 unspecified atom stereocenters. The maximum atomic E-state index is 11.6. The average Bonchev–Trinajstić information content (AvgIpc) is 2.75. The van der Waals surface area contributed by atoms with Crippen molar-refractivity contribution in [1.82, 2.24) is 5.32 Å². The van der Waals surface area contributed by atoms with Crippen LogP contribution in [0.2, 0.25) is 0 Å². The van der Waals surface area contributed by atoms with E-state index in [-0.39, 0.29) is 6.61 Å². The highest BCUT2D eigenvalue weighted by Gasteiger charge is 2.11. The molecule has 6 nitrogen and oxygen atoms in total. The van der Waals surface area contributed by atoms with E-state index in [1.54, 1.807) is 36.4 Å². The van der Waals surface area contributed by atoms with Crippen LogP contribution in [0.4, 0.5) is 10.5 Å². The van der Waals surface area contributed by atoms with E-state index in [4.69, 9.17) is 10.5 Å². The molecule has 6 heteroatoms. The molecule has 0 radical (unpaired) electrons. The first-order valence-electron chi connectivity index (χ1n) is 9.65. The molecule has 0 aliphatic carbocycles. The lowest BCUT2D eigenvalue weighted by Gasteiger charge is -2.13. The number of benzene rings is 1. The van der Waals surface area contributed by atoms with Crippen LogP contribution in [-0.4, -0.2) is 18.7 Å². The predicted octanol–water partition coefficient (Wildman–Crippen LogP) is 6.18. The second kappa shape index (κ2) is 23.0. The molecule has 1 aromatic rings. The normalized spacial score (nSPS) is 10.1. The zero-order valence-electron chi connectivity index (χ0n) is 18.5. The Bertz CT molecular complexity index is 626. The van der Waals surface area contributed by atoms with Gasteiger partial charge in [-0.2, -0.15) is 0 Å². The van der Waals surface area contributed by atoms with Gasteiger partial charge in [-0.25, -0.2) is 4.79 Å². The van der Waals surface area contributed by atoms with E-state index in [9.17, 15) is 9.70 Å². The van der Waals surface area contributed by atoms with Crippen molar-refractivity contribution in [3.63, 3.8) is 0 Å². The number of ether oxygens (including phenoxy) is 1. The molecule has 0 spiro atoms. The molecule has 1 aromatic carbocycles. The van der Waals surface area contributed by atoms with Gasteiger partial charge in [-0.05, 0) is 42.3 Å². The molecule has 0 aromatic heterocycles. The van der Waals surface area contributed by atoms with Gasteiger partial charge in [-0.15, -0.1) is 11.5 Å². The van der Waals surface area contributed by atoms with Crippen LogP contribution >= 0.6 is 0 Å². The first kappa shape index (κ1) is 30.7. The molecule has 3 N–H and O–H groups in total. The van der Waals surface area contributed by atoms with Gasteiger partial charge in [0, 0.05) is 11.7 Å². The Kier molecular flexibility index (Phi) is 24.4. The number of rotatable bonds is 8. The van der Waals surface area contributed by atoms with Crippen molar-refractivity contribution < 1.29 is 9.53 Å². The van der Waals surface area contributed by atoms with Crippen LogP contribution < -0.4 is 11.1 Å². The van der Waals surface area contributed by atoms with Crippen molar-refractivity contribution in [2.24, 2.45) is 10.9 Å². The van der Waals surface area contributed by atoms with E-state index < -0.39 is 12.1 Å². The fourth-order valence-corrected chi connectivity index (χ4v) is 1.74. The first-order chi connectivity index (χ1) is 14.0. The number of allylic oxidation sites excluding steroid dienone is 4. The smallest absolute Gasteiger partial charge is 0.411 e. The van der Waals surface area contributed by atoms with Crippen LogP contribution in [0.15, 0.2) is 79.2 Å². The van der Waals surface area contributed by atoms with Gasteiger partial charge in [0.25, 0.3) is 0 Å².